The van der Waals surface area contributed by atoms with E-state index >= 15 is 0 Å². The van der Waals surface area contributed by atoms with Crippen LogP contribution in [0.5, 0.6) is 0 Å². The van der Waals surface area contributed by atoms with E-state index in [0.717, 1.165) is 17.8 Å². The quantitative estimate of drug-likeness (QED) is 0.880. The molecular weight excluding hydrogens is 236 g/mol. The van der Waals surface area contributed by atoms with Crippen LogP contribution in [0.1, 0.15) is 13.3 Å². The van der Waals surface area contributed by atoms with Crippen LogP contribution in [0, 0.1) is 0 Å². The highest BCUT2D eigenvalue weighted by Crippen LogP contribution is 2.24. The molecule has 0 heterocycles. The van der Waals surface area contributed by atoms with Gasteiger partial charge in [0.25, 0.3) is 0 Å². The Hall–Kier alpha value is -2.29. The number of carbonyl (C=O) groups is 1. The summed E-state index contributed by atoms with van der Waals surface area (Å²) >= 11 is 0. The van der Waals surface area contributed by atoms with Gasteiger partial charge in [0.1, 0.15) is 0 Å². The van der Waals surface area contributed by atoms with Crippen LogP contribution in [0.4, 0.5) is 16.2 Å². The molecule has 2 rings (SSSR count). The number of hydrogen-bond donors (Lipinski definition) is 1. The molecule has 3 nitrogen and oxygen atoms in total. The van der Waals surface area contributed by atoms with Gasteiger partial charge in [-0.1, -0.05) is 43.3 Å². The Kier molecular flexibility index (Phi) is 4.56. The van der Waals surface area contributed by atoms with E-state index in [2.05, 4.69) is 5.32 Å². The first-order chi connectivity index (χ1) is 9.33. The average Bonchev–Trinajstić information content (AvgIpc) is 2.47. The van der Waals surface area contributed by atoms with Crippen molar-refractivity contribution in [3.05, 3.63) is 60.7 Å². The fourth-order valence-electron chi connectivity index (χ4n) is 1.85. The van der Waals surface area contributed by atoms with Gasteiger partial charge in [0.2, 0.25) is 0 Å². The minimum atomic E-state index is -0.0979. The van der Waals surface area contributed by atoms with Crippen LogP contribution in [0.15, 0.2) is 60.7 Å². The third-order valence-electron chi connectivity index (χ3n) is 2.76. The van der Waals surface area contributed by atoms with Gasteiger partial charge in [-0.15, -0.1) is 0 Å². The van der Waals surface area contributed by atoms with Crippen LogP contribution in [0.25, 0.3) is 0 Å². The first-order valence-electron chi connectivity index (χ1n) is 6.51. The first kappa shape index (κ1) is 13.1. The second-order valence-electron chi connectivity index (χ2n) is 4.24. The average molecular weight is 254 g/mol. The lowest BCUT2D eigenvalue weighted by Gasteiger charge is -2.23. The summed E-state index contributed by atoms with van der Waals surface area (Å²) in [6, 6.07) is 19.2. The number of anilines is 2. The molecule has 0 aliphatic rings. The molecule has 0 atom stereocenters. The maximum absolute atomic E-state index is 12.3. The Labute approximate surface area is 113 Å². The topological polar surface area (TPSA) is 32.3 Å². The first-order valence-corrected chi connectivity index (χ1v) is 6.51. The zero-order chi connectivity index (χ0) is 13.5. The van der Waals surface area contributed by atoms with Gasteiger partial charge in [0, 0.05) is 6.54 Å². The van der Waals surface area contributed by atoms with E-state index in [0.29, 0.717) is 6.54 Å². The molecule has 3 heteroatoms. The van der Waals surface area contributed by atoms with E-state index in [-0.39, 0.29) is 6.03 Å². The normalized spacial score (nSPS) is 9.95. The summed E-state index contributed by atoms with van der Waals surface area (Å²) in [6.07, 6.45) is 0.920. The molecule has 0 aliphatic heterocycles. The predicted octanol–water partition coefficient (Wildman–Crippen LogP) is 3.94. The monoisotopic (exact) mass is 254 g/mol. The summed E-state index contributed by atoms with van der Waals surface area (Å²) in [5.41, 5.74) is 1.73. The highest BCUT2D eigenvalue weighted by molar-refractivity contribution is 5.99. The van der Waals surface area contributed by atoms with E-state index in [1.807, 2.05) is 67.6 Å². The third-order valence-corrected chi connectivity index (χ3v) is 2.76. The summed E-state index contributed by atoms with van der Waals surface area (Å²) in [5.74, 6) is 0. The van der Waals surface area contributed by atoms with E-state index in [1.54, 1.807) is 4.90 Å². The summed E-state index contributed by atoms with van der Waals surface area (Å²) in [7, 11) is 0. The van der Waals surface area contributed by atoms with E-state index < -0.39 is 0 Å². The molecule has 19 heavy (non-hydrogen) atoms. The molecular formula is C16H18N2O. The van der Waals surface area contributed by atoms with E-state index in [9.17, 15) is 4.79 Å². The molecule has 2 aromatic carbocycles. The molecule has 98 valence electrons. The number of para-hydroxylation sites is 2. The SMILES string of the molecule is CCCNC(=O)N(c1ccccc1)c1ccccc1. The van der Waals surface area contributed by atoms with E-state index in [1.165, 1.54) is 0 Å². The Morgan fingerprint density at radius 2 is 1.42 bits per heavy atom. The van der Waals surface area contributed by atoms with Crippen molar-refractivity contribution in [1.29, 1.82) is 0 Å². The van der Waals surface area contributed by atoms with Crippen molar-refractivity contribution < 1.29 is 4.79 Å². The maximum Gasteiger partial charge on any atom is 0.326 e. The number of nitrogens with one attached hydrogen (secondary N) is 1. The zero-order valence-electron chi connectivity index (χ0n) is 11.0. The number of amides is 2. The molecule has 1 N–H and O–H groups in total. The fourth-order valence-corrected chi connectivity index (χ4v) is 1.85. The number of rotatable bonds is 4. The predicted molar refractivity (Wildman–Crippen MR) is 78.7 cm³/mol. The summed E-state index contributed by atoms with van der Waals surface area (Å²) in [4.78, 5) is 14.0. The second-order valence-corrected chi connectivity index (χ2v) is 4.24. The minimum absolute atomic E-state index is 0.0979. The van der Waals surface area contributed by atoms with Gasteiger partial charge in [0.05, 0.1) is 11.4 Å². The Morgan fingerprint density at radius 1 is 0.947 bits per heavy atom. The van der Waals surface area contributed by atoms with Gasteiger partial charge in [-0.2, -0.15) is 0 Å². The second kappa shape index (κ2) is 6.59. The largest absolute Gasteiger partial charge is 0.337 e. The van der Waals surface area contributed by atoms with Gasteiger partial charge in [-0.25, -0.2) is 4.79 Å². The minimum Gasteiger partial charge on any atom is -0.337 e. The van der Waals surface area contributed by atoms with Crippen LogP contribution in [-0.4, -0.2) is 12.6 Å². The van der Waals surface area contributed by atoms with Crippen LogP contribution >= 0.6 is 0 Å². The Bertz CT molecular complexity index is 471. The highest BCUT2D eigenvalue weighted by Gasteiger charge is 2.16. The van der Waals surface area contributed by atoms with Crippen molar-refractivity contribution in [2.24, 2.45) is 0 Å². The zero-order valence-corrected chi connectivity index (χ0v) is 11.0. The van der Waals surface area contributed by atoms with Gasteiger partial charge in [-0.05, 0) is 30.7 Å². The van der Waals surface area contributed by atoms with Crippen molar-refractivity contribution >= 4 is 17.4 Å². The molecule has 0 aromatic heterocycles. The molecule has 0 saturated carbocycles. The van der Waals surface area contributed by atoms with Gasteiger partial charge in [-0.3, -0.25) is 4.90 Å². The van der Waals surface area contributed by atoms with Crippen LogP contribution in [0.2, 0.25) is 0 Å². The van der Waals surface area contributed by atoms with Crippen molar-refractivity contribution in [2.75, 3.05) is 11.4 Å². The van der Waals surface area contributed by atoms with Crippen LogP contribution in [-0.2, 0) is 0 Å². The van der Waals surface area contributed by atoms with Gasteiger partial charge < -0.3 is 5.32 Å². The molecule has 0 bridgehead atoms. The number of hydrogen-bond acceptors (Lipinski definition) is 1. The molecule has 2 aromatic rings. The molecule has 0 spiro atoms. The van der Waals surface area contributed by atoms with Crippen molar-refractivity contribution in [3.63, 3.8) is 0 Å². The number of urea groups is 1. The smallest absolute Gasteiger partial charge is 0.326 e. The molecule has 0 saturated heterocycles. The summed E-state index contributed by atoms with van der Waals surface area (Å²) in [6.45, 7) is 2.71. The lowest BCUT2D eigenvalue weighted by atomic mass is 10.2. The summed E-state index contributed by atoms with van der Waals surface area (Å²) < 4.78 is 0. The number of carbonyl (C=O) groups excluding carboxylic acids is 1. The van der Waals surface area contributed by atoms with Crippen LogP contribution in [0.3, 0.4) is 0 Å². The highest BCUT2D eigenvalue weighted by atomic mass is 16.2. The Balaban J connectivity index is 2.31. The number of nitrogens with zero attached hydrogens (tertiary/aromatic N) is 1. The molecule has 2 amide bonds. The van der Waals surface area contributed by atoms with Crippen LogP contribution < -0.4 is 10.2 Å². The molecule has 0 aliphatic carbocycles. The molecule has 0 radical (unpaired) electrons. The third kappa shape index (κ3) is 3.35. The van der Waals surface area contributed by atoms with Gasteiger partial charge >= 0.3 is 6.03 Å². The lowest BCUT2D eigenvalue weighted by Crippen LogP contribution is -2.37. The van der Waals surface area contributed by atoms with Crippen molar-refractivity contribution in [1.82, 2.24) is 5.32 Å². The van der Waals surface area contributed by atoms with E-state index in [4.69, 9.17) is 0 Å². The summed E-state index contributed by atoms with van der Waals surface area (Å²) in [5, 5.41) is 2.92. The lowest BCUT2D eigenvalue weighted by molar-refractivity contribution is 0.248. The molecule has 0 unspecified atom stereocenters. The van der Waals surface area contributed by atoms with Gasteiger partial charge in [0.15, 0.2) is 0 Å². The standard InChI is InChI=1S/C16H18N2O/c1-2-13-17-16(19)18(14-9-5-3-6-10-14)15-11-7-4-8-12-15/h3-12H,2,13H2,1H3,(H,17,19). The maximum atomic E-state index is 12.3. The fraction of sp³-hybridized carbons (Fsp3) is 0.188. The number of benzene rings is 2. The van der Waals surface area contributed by atoms with Crippen molar-refractivity contribution in [2.45, 2.75) is 13.3 Å². The molecule has 0 fully saturated rings. The Morgan fingerprint density at radius 3 is 1.84 bits per heavy atom. The van der Waals surface area contributed by atoms with Crippen molar-refractivity contribution in [3.8, 4) is 0 Å².